The van der Waals surface area contributed by atoms with Crippen molar-refractivity contribution in [3.05, 3.63) is 35.9 Å². The van der Waals surface area contributed by atoms with Gasteiger partial charge in [0, 0.05) is 28.2 Å². The van der Waals surface area contributed by atoms with E-state index >= 15 is 0 Å². The Bertz CT molecular complexity index is 749. The third-order valence-electron chi connectivity index (χ3n) is 5.17. The Labute approximate surface area is 141 Å². The van der Waals surface area contributed by atoms with Crippen LogP contribution in [0.4, 0.5) is 5.00 Å². The predicted octanol–water partition coefficient (Wildman–Crippen LogP) is 4.50. The molecule has 1 unspecified atom stereocenters. The van der Waals surface area contributed by atoms with Crippen LogP contribution in [0.3, 0.4) is 0 Å². The van der Waals surface area contributed by atoms with Crippen LogP contribution in [-0.4, -0.2) is 30.4 Å². The summed E-state index contributed by atoms with van der Waals surface area (Å²) >= 11 is 1.68. The molecule has 23 heavy (non-hydrogen) atoms. The first kappa shape index (κ1) is 14.9. The van der Waals surface area contributed by atoms with Crippen LogP contribution in [0.2, 0.25) is 0 Å². The number of piperidine rings is 1. The molecule has 1 fully saturated rings. The highest BCUT2D eigenvalue weighted by molar-refractivity contribution is 7.23. The lowest BCUT2D eigenvalue weighted by atomic mass is 9.95. The van der Waals surface area contributed by atoms with Crippen LogP contribution in [0.5, 0.6) is 0 Å². The minimum Gasteiger partial charge on any atom is -0.320 e. The molecule has 0 spiro atoms. The summed E-state index contributed by atoms with van der Waals surface area (Å²) in [4.78, 5) is 13.7. The third kappa shape index (κ3) is 2.81. The number of hydrogen-bond acceptors (Lipinski definition) is 3. The van der Waals surface area contributed by atoms with E-state index in [9.17, 15) is 4.79 Å². The van der Waals surface area contributed by atoms with Crippen molar-refractivity contribution in [2.75, 3.05) is 18.4 Å². The molecule has 3 heterocycles. The minimum atomic E-state index is 0.741. The van der Waals surface area contributed by atoms with Gasteiger partial charge in [-0.25, -0.2) is 0 Å². The second kappa shape index (κ2) is 6.46. The topological polar surface area (TPSA) is 32.3 Å². The SMILES string of the molecule is O=CNc1sc2ccccc2c1C1=CCN2CCCCC2CC1. The summed E-state index contributed by atoms with van der Waals surface area (Å²) in [5.74, 6) is 0. The molecule has 1 N–H and O–H groups in total. The summed E-state index contributed by atoms with van der Waals surface area (Å²) in [7, 11) is 0. The number of nitrogens with one attached hydrogen (secondary N) is 1. The number of thiophene rings is 1. The summed E-state index contributed by atoms with van der Waals surface area (Å²) in [5, 5.41) is 5.19. The molecule has 0 radical (unpaired) electrons. The Hall–Kier alpha value is -1.65. The van der Waals surface area contributed by atoms with Crippen LogP contribution >= 0.6 is 11.3 Å². The summed E-state index contributed by atoms with van der Waals surface area (Å²) in [6.07, 6.45) is 9.58. The normalized spacial score (nSPS) is 22.3. The monoisotopic (exact) mass is 326 g/mol. The van der Waals surface area contributed by atoms with Crippen LogP contribution in [0, 0.1) is 0 Å². The quantitative estimate of drug-likeness (QED) is 0.842. The number of benzene rings is 1. The summed E-state index contributed by atoms with van der Waals surface area (Å²) in [5.41, 5.74) is 2.65. The molecule has 4 rings (SSSR count). The molecular weight excluding hydrogens is 304 g/mol. The fourth-order valence-electron chi connectivity index (χ4n) is 4.03. The molecule has 1 aromatic carbocycles. The van der Waals surface area contributed by atoms with Gasteiger partial charge >= 0.3 is 0 Å². The largest absolute Gasteiger partial charge is 0.320 e. The Balaban J connectivity index is 1.74. The minimum absolute atomic E-state index is 0.741. The van der Waals surface area contributed by atoms with Gasteiger partial charge in [0.2, 0.25) is 6.41 Å². The third-order valence-corrected chi connectivity index (χ3v) is 6.28. The number of allylic oxidation sites excluding steroid dienone is 1. The number of rotatable bonds is 3. The molecule has 1 saturated heterocycles. The van der Waals surface area contributed by atoms with E-state index in [-0.39, 0.29) is 0 Å². The van der Waals surface area contributed by atoms with Crippen molar-refractivity contribution in [3.63, 3.8) is 0 Å². The Morgan fingerprint density at radius 1 is 1.22 bits per heavy atom. The van der Waals surface area contributed by atoms with Gasteiger partial charge in [0.1, 0.15) is 5.00 Å². The van der Waals surface area contributed by atoms with Gasteiger partial charge < -0.3 is 5.32 Å². The summed E-state index contributed by atoms with van der Waals surface area (Å²) in [6.45, 7) is 2.28. The molecule has 0 aliphatic carbocycles. The zero-order valence-electron chi connectivity index (χ0n) is 13.3. The molecule has 4 heteroatoms. The molecular formula is C19H22N2OS. The highest BCUT2D eigenvalue weighted by atomic mass is 32.1. The summed E-state index contributed by atoms with van der Waals surface area (Å²) in [6, 6.07) is 9.21. The van der Waals surface area contributed by atoms with Crippen molar-refractivity contribution < 1.29 is 4.79 Å². The Morgan fingerprint density at radius 2 is 2.13 bits per heavy atom. The molecule has 1 aromatic heterocycles. The van der Waals surface area contributed by atoms with Crippen LogP contribution in [0.1, 0.15) is 37.7 Å². The predicted molar refractivity (Wildman–Crippen MR) is 97.9 cm³/mol. The van der Waals surface area contributed by atoms with E-state index in [0.29, 0.717) is 0 Å². The van der Waals surface area contributed by atoms with Crippen LogP contribution < -0.4 is 5.32 Å². The summed E-state index contributed by atoms with van der Waals surface area (Å²) < 4.78 is 1.25. The van der Waals surface area contributed by atoms with E-state index in [1.54, 1.807) is 11.3 Å². The van der Waals surface area contributed by atoms with E-state index in [1.165, 1.54) is 53.5 Å². The molecule has 1 amide bonds. The van der Waals surface area contributed by atoms with Gasteiger partial charge in [-0.3, -0.25) is 9.69 Å². The van der Waals surface area contributed by atoms with Gasteiger partial charge in [-0.2, -0.15) is 0 Å². The fourth-order valence-corrected chi connectivity index (χ4v) is 5.12. The molecule has 2 aromatic rings. The first-order valence-corrected chi connectivity index (χ1v) is 9.33. The van der Waals surface area contributed by atoms with Gasteiger partial charge in [-0.1, -0.05) is 30.7 Å². The van der Waals surface area contributed by atoms with E-state index < -0.39 is 0 Å². The van der Waals surface area contributed by atoms with Crippen molar-refractivity contribution >= 4 is 38.4 Å². The van der Waals surface area contributed by atoms with Gasteiger partial charge in [-0.15, -0.1) is 11.3 Å². The van der Waals surface area contributed by atoms with Crippen molar-refractivity contribution in [2.24, 2.45) is 0 Å². The van der Waals surface area contributed by atoms with Gasteiger partial charge in [-0.05, 0) is 43.9 Å². The standard InChI is InChI=1S/C19H22N2OS/c22-13-20-19-18(16-6-1-2-7-17(16)23-19)14-8-9-15-5-3-4-11-21(15)12-10-14/h1-2,6-7,10,13,15H,3-5,8-9,11-12H2,(H,20,22). The van der Waals surface area contributed by atoms with Crippen molar-refractivity contribution in [3.8, 4) is 0 Å². The van der Waals surface area contributed by atoms with Crippen LogP contribution in [0.15, 0.2) is 30.3 Å². The first-order valence-electron chi connectivity index (χ1n) is 8.52. The van der Waals surface area contributed by atoms with Gasteiger partial charge in [0.05, 0.1) is 0 Å². The van der Waals surface area contributed by atoms with E-state index in [4.69, 9.17) is 0 Å². The van der Waals surface area contributed by atoms with Crippen LogP contribution in [-0.2, 0) is 4.79 Å². The van der Waals surface area contributed by atoms with Crippen molar-refractivity contribution in [1.29, 1.82) is 0 Å². The molecule has 0 bridgehead atoms. The average Bonchev–Trinajstić information content (AvgIpc) is 2.81. The maximum Gasteiger partial charge on any atom is 0.212 e. The zero-order valence-corrected chi connectivity index (χ0v) is 14.1. The highest BCUT2D eigenvalue weighted by Crippen LogP contribution is 2.42. The smallest absolute Gasteiger partial charge is 0.212 e. The number of nitrogens with zero attached hydrogens (tertiary/aromatic N) is 1. The second-order valence-electron chi connectivity index (χ2n) is 6.48. The zero-order chi connectivity index (χ0) is 15.6. The number of carbonyl (C=O) groups is 1. The lowest BCUT2D eigenvalue weighted by molar-refractivity contribution is -0.105. The average molecular weight is 326 g/mol. The number of carbonyl (C=O) groups excluding carboxylic acids is 1. The van der Waals surface area contributed by atoms with Crippen LogP contribution in [0.25, 0.3) is 15.7 Å². The molecule has 120 valence electrons. The number of anilines is 1. The molecule has 0 saturated carbocycles. The first-order chi connectivity index (χ1) is 11.4. The Morgan fingerprint density at radius 3 is 3.04 bits per heavy atom. The molecule has 2 aliphatic rings. The molecule has 1 atom stereocenters. The lowest BCUT2D eigenvalue weighted by Crippen LogP contribution is -2.38. The lowest BCUT2D eigenvalue weighted by Gasteiger charge is -2.33. The maximum absolute atomic E-state index is 11.0. The van der Waals surface area contributed by atoms with Crippen molar-refractivity contribution in [1.82, 2.24) is 4.90 Å². The number of hydrogen-bond donors (Lipinski definition) is 1. The van der Waals surface area contributed by atoms with Gasteiger partial charge in [0.25, 0.3) is 0 Å². The van der Waals surface area contributed by atoms with E-state index in [2.05, 4.69) is 40.6 Å². The number of fused-ring (bicyclic) bond motifs is 2. The molecule has 3 nitrogen and oxygen atoms in total. The fraction of sp³-hybridized carbons (Fsp3) is 0.421. The maximum atomic E-state index is 11.0. The second-order valence-corrected chi connectivity index (χ2v) is 7.53. The highest BCUT2D eigenvalue weighted by Gasteiger charge is 2.25. The Kier molecular flexibility index (Phi) is 4.19. The van der Waals surface area contributed by atoms with E-state index in [1.807, 2.05) is 0 Å². The van der Waals surface area contributed by atoms with E-state index in [0.717, 1.165) is 30.4 Å². The van der Waals surface area contributed by atoms with Crippen molar-refractivity contribution in [2.45, 2.75) is 38.1 Å². The number of amides is 1. The molecule has 2 aliphatic heterocycles. The van der Waals surface area contributed by atoms with Gasteiger partial charge in [0.15, 0.2) is 0 Å².